The number of hydrogen-bond donors (Lipinski definition) is 0. The number of para-hydroxylation sites is 1. The Labute approximate surface area is 224 Å². The van der Waals surface area contributed by atoms with E-state index in [2.05, 4.69) is 10.2 Å². The van der Waals surface area contributed by atoms with E-state index in [4.69, 9.17) is 56.2 Å². The summed E-state index contributed by atoms with van der Waals surface area (Å²) in [5.74, 6) is 0.327. The van der Waals surface area contributed by atoms with Crippen LogP contribution in [-0.2, 0) is 6.61 Å². The number of allylic oxidation sites excluding steroid dienone is 1. The maximum Gasteiger partial charge on any atom is 0.217 e. The maximum atomic E-state index is 14.4. The minimum absolute atomic E-state index is 0.0625. The van der Waals surface area contributed by atoms with Crippen molar-refractivity contribution in [3.63, 3.8) is 0 Å². The Morgan fingerprint density at radius 3 is 2.46 bits per heavy atom. The highest BCUT2D eigenvalue weighted by atomic mass is 35.5. The highest BCUT2D eigenvalue weighted by Gasteiger charge is 2.26. The molecule has 11 heteroatoms. The van der Waals surface area contributed by atoms with Gasteiger partial charge in [-0.05, 0) is 59.8 Å². The first-order valence-electron chi connectivity index (χ1n) is 10.1. The molecular formula is C24H13Cl4FN4OS. The molecular weight excluding hydrogens is 553 g/mol. The van der Waals surface area contributed by atoms with Gasteiger partial charge in [0.2, 0.25) is 5.16 Å². The van der Waals surface area contributed by atoms with Crippen LogP contribution in [0.5, 0.6) is 5.75 Å². The highest BCUT2D eigenvalue weighted by molar-refractivity contribution is 8.04. The van der Waals surface area contributed by atoms with Gasteiger partial charge in [-0.1, -0.05) is 70.7 Å². The van der Waals surface area contributed by atoms with E-state index in [1.54, 1.807) is 28.9 Å². The molecule has 3 aromatic carbocycles. The third-order valence-electron chi connectivity index (χ3n) is 4.94. The molecule has 0 unspecified atom stereocenters. The number of nitrogens with zero attached hydrogens (tertiary/aromatic N) is 4. The second-order valence-electron chi connectivity index (χ2n) is 7.29. The summed E-state index contributed by atoms with van der Waals surface area (Å²) in [4.78, 5) is 0.689. The number of aromatic nitrogens is 3. The van der Waals surface area contributed by atoms with E-state index in [1.165, 1.54) is 23.9 Å². The van der Waals surface area contributed by atoms with Gasteiger partial charge in [-0.25, -0.2) is 4.39 Å². The summed E-state index contributed by atoms with van der Waals surface area (Å²) in [6.45, 7) is 0.0625. The highest BCUT2D eigenvalue weighted by Crippen LogP contribution is 2.38. The van der Waals surface area contributed by atoms with Gasteiger partial charge in [-0.3, -0.25) is 0 Å². The van der Waals surface area contributed by atoms with Crippen LogP contribution in [0, 0.1) is 5.82 Å². The van der Waals surface area contributed by atoms with Gasteiger partial charge < -0.3 is 4.74 Å². The minimum Gasteiger partial charge on any atom is -0.484 e. The van der Waals surface area contributed by atoms with Gasteiger partial charge in [0, 0.05) is 15.5 Å². The van der Waals surface area contributed by atoms with Gasteiger partial charge in [0.05, 0.1) is 15.1 Å². The number of halogens is 5. The van der Waals surface area contributed by atoms with Crippen molar-refractivity contribution in [1.82, 2.24) is 14.9 Å². The summed E-state index contributed by atoms with van der Waals surface area (Å²) in [5.41, 5.74) is 1.67. The third-order valence-corrected chi connectivity index (χ3v) is 7.07. The van der Waals surface area contributed by atoms with Gasteiger partial charge in [-0.2, -0.15) is 9.78 Å². The Kier molecular flexibility index (Phi) is 7.05. The molecule has 0 saturated heterocycles. The first kappa shape index (κ1) is 24.2. The van der Waals surface area contributed by atoms with E-state index in [1.807, 2.05) is 30.3 Å². The number of thioether (sulfide) groups is 1. The summed E-state index contributed by atoms with van der Waals surface area (Å²) in [5, 5.41) is 15.0. The molecule has 0 aliphatic carbocycles. The Hall–Kier alpha value is -2.55. The van der Waals surface area contributed by atoms with Gasteiger partial charge in [0.1, 0.15) is 23.9 Å². The predicted octanol–water partition coefficient (Wildman–Crippen LogP) is 8.01. The molecule has 4 aromatic rings. The quantitative estimate of drug-likeness (QED) is 0.230. The smallest absolute Gasteiger partial charge is 0.217 e. The van der Waals surface area contributed by atoms with Gasteiger partial charge >= 0.3 is 0 Å². The summed E-state index contributed by atoms with van der Waals surface area (Å²) < 4.78 is 21.8. The second kappa shape index (κ2) is 10.2. The predicted molar refractivity (Wildman–Crippen MR) is 139 cm³/mol. The number of ether oxygens (including phenoxy) is 1. The van der Waals surface area contributed by atoms with E-state index in [-0.39, 0.29) is 16.7 Å². The first-order chi connectivity index (χ1) is 16.9. The molecule has 35 heavy (non-hydrogen) atoms. The van der Waals surface area contributed by atoms with Crippen molar-refractivity contribution in [2.24, 2.45) is 5.10 Å². The molecule has 1 aromatic heterocycles. The molecule has 0 amide bonds. The van der Waals surface area contributed by atoms with E-state index in [9.17, 15) is 4.39 Å². The van der Waals surface area contributed by atoms with Gasteiger partial charge in [-0.15, -0.1) is 10.2 Å². The van der Waals surface area contributed by atoms with Crippen LogP contribution in [0.4, 0.5) is 4.39 Å². The van der Waals surface area contributed by atoms with Crippen LogP contribution in [-0.4, -0.2) is 20.6 Å². The lowest BCUT2D eigenvalue weighted by molar-refractivity contribution is 0.290. The molecule has 0 fully saturated rings. The van der Waals surface area contributed by atoms with Crippen molar-refractivity contribution in [1.29, 1.82) is 0 Å². The molecule has 0 N–H and O–H groups in total. The SMILES string of the molecule is Fc1cc(C2=Nn3c(COc4ccccc4Cl)nnc3S/C2=C\c2ccc(Cl)cc2)c(Cl)cc1Cl. The monoisotopic (exact) mass is 564 g/mol. The zero-order valence-corrected chi connectivity index (χ0v) is 21.4. The Morgan fingerprint density at radius 2 is 1.69 bits per heavy atom. The average molecular weight is 566 g/mol. The summed E-state index contributed by atoms with van der Waals surface area (Å²) in [6, 6.07) is 17.0. The molecule has 1 aliphatic heterocycles. The van der Waals surface area contributed by atoms with E-state index >= 15 is 0 Å². The van der Waals surface area contributed by atoms with Crippen molar-refractivity contribution < 1.29 is 9.13 Å². The third kappa shape index (κ3) is 5.20. The second-order valence-corrected chi connectivity index (χ2v) is 9.95. The van der Waals surface area contributed by atoms with Gasteiger partial charge in [0.25, 0.3) is 0 Å². The Bertz CT molecular complexity index is 1490. The van der Waals surface area contributed by atoms with Crippen LogP contribution in [0.2, 0.25) is 20.1 Å². The Morgan fingerprint density at radius 1 is 0.914 bits per heavy atom. The fraction of sp³-hybridized carbons (Fsp3) is 0.0417. The van der Waals surface area contributed by atoms with Crippen LogP contribution >= 0.6 is 58.2 Å². The van der Waals surface area contributed by atoms with E-state index in [0.29, 0.717) is 43.0 Å². The first-order valence-corrected chi connectivity index (χ1v) is 12.4. The van der Waals surface area contributed by atoms with Crippen LogP contribution in [0.1, 0.15) is 17.0 Å². The molecule has 0 atom stereocenters. The zero-order valence-electron chi connectivity index (χ0n) is 17.6. The lowest BCUT2D eigenvalue weighted by Crippen LogP contribution is -2.15. The minimum atomic E-state index is -0.610. The van der Waals surface area contributed by atoms with Crippen molar-refractivity contribution in [2.45, 2.75) is 11.8 Å². The maximum absolute atomic E-state index is 14.4. The summed E-state index contributed by atoms with van der Waals surface area (Å²) in [7, 11) is 0. The largest absolute Gasteiger partial charge is 0.484 e. The number of rotatable bonds is 5. The van der Waals surface area contributed by atoms with Crippen molar-refractivity contribution in [3.8, 4) is 5.75 Å². The normalized spacial score (nSPS) is 14.1. The number of hydrogen-bond acceptors (Lipinski definition) is 5. The molecule has 176 valence electrons. The van der Waals surface area contributed by atoms with Crippen molar-refractivity contribution >= 4 is 70.0 Å². The number of benzene rings is 3. The van der Waals surface area contributed by atoms with E-state index in [0.717, 1.165) is 5.56 Å². The lowest BCUT2D eigenvalue weighted by Gasteiger charge is -2.18. The lowest BCUT2D eigenvalue weighted by atomic mass is 10.1. The van der Waals surface area contributed by atoms with Crippen LogP contribution in [0.3, 0.4) is 0 Å². The molecule has 5 rings (SSSR count). The van der Waals surface area contributed by atoms with Crippen molar-refractivity contribution in [2.75, 3.05) is 0 Å². The van der Waals surface area contributed by atoms with E-state index < -0.39 is 5.82 Å². The summed E-state index contributed by atoms with van der Waals surface area (Å²) >= 11 is 25.9. The zero-order chi connectivity index (χ0) is 24.5. The molecule has 0 radical (unpaired) electrons. The van der Waals surface area contributed by atoms with Gasteiger partial charge in [0.15, 0.2) is 5.82 Å². The molecule has 0 bridgehead atoms. The van der Waals surface area contributed by atoms with Crippen LogP contribution in [0.25, 0.3) is 6.08 Å². The topological polar surface area (TPSA) is 52.3 Å². The Balaban J connectivity index is 1.58. The average Bonchev–Trinajstić information content (AvgIpc) is 3.23. The molecule has 0 saturated carbocycles. The molecule has 2 heterocycles. The van der Waals surface area contributed by atoms with Crippen LogP contribution in [0.15, 0.2) is 75.8 Å². The molecule has 0 spiro atoms. The molecule has 5 nitrogen and oxygen atoms in total. The van der Waals surface area contributed by atoms with Crippen LogP contribution < -0.4 is 4.74 Å². The van der Waals surface area contributed by atoms with Crippen molar-refractivity contribution in [3.05, 3.63) is 108 Å². The fourth-order valence-electron chi connectivity index (χ4n) is 3.25. The molecule has 1 aliphatic rings. The number of fused-ring (bicyclic) bond motifs is 1. The fourth-order valence-corrected chi connectivity index (χ4v) is 4.99. The summed E-state index contributed by atoms with van der Waals surface area (Å²) in [6.07, 6.45) is 1.89. The standard InChI is InChI=1S/C24H13Cl4FN4OS/c25-14-7-5-13(6-8-14)9-21-23(15-10-19(29)18(28)11-17(15)27)32-33-22(30-31-24(33)35-21)12-34-20-4-2-1-3-16(20)26/h1-11H,12H2/b21-9-.